The van der Waals surface area contributed by atoms with Crippen LogP contribution in [0.1, 0.15) is 13.8 Å². The topological polar surface area (TPSA) is 72.9 Å². The van der Waals surface area contributed by atoms with Crippen LogP contribution >= 0.6 is 11.6 Å². The quantitative estimate of drug-likeness (QED) is 0.900. The Labute approximate surface area is 116 Å². The van der Waals surface area contributed by atoms with Crippen molar-refractivity contribution in [1.82, 2.24) is 14.9 Å². The molecule has 2 aromatic rings. The van der Waals surface area contributed by atoms with Crippen LogP contribution < -0.4 is 11.1 Å². The highest BCUT2D eigenvalue weighted by Crippen LogP contribution is 2.21. The highest BCUT2D eigenvalue weighted by Gasteiger charge is 2.12. The van der Waals surface area contributed by atoms with Crippen molar-refractivity contribution >= 4 is 34.5 Å². The van der Waals surface area contributed by atoms with Gasteiger partial charge in [-0.2, -0.15) is 0 Å². The molecular weight excluding hydrogens is 264 g/mol. The van der Waals surface area contributed by atoms with E-state index < -0.39 is 0 Å². The van der Waals surface area contributed by atoms with E-state index in [1.807, 2.05) is 13.8 Å². The molecule has 0 aliphatic carbocycles. The number of hydrogen-bond acceptors (Lipinski definition) is 3. The molecule has 0 saturated heterocycles. The van der Waals surface area contributed by atoms with Gasteiger partial charge < -0.3 is 15.6 Å². The van der Waals surface area contributed by atoms with Crippen LogP contribution in [0.4, 0.5) is 5.95 Å². The van der Waals surface area contributed by atoms with Crippen molar-refractivity contribution in [3.05, 3.63) is 23.2 Å². The third-order valence-electron chi connectivity index (χ3n) is 2.75. The van der Waals surface area contributed by atoms with Crippen molar-refractivity contribution in [2.75, 3.05) is 12.3 Å². The Morgan fingerprint density at radius 3 is 2.95 bits per heavy atom. The lowest BCUT2D eigenvalue weighted by atomic mass is 10.2. The first-order valence-electron chi connectivity index (χ1n) is 6.15. The summed E-state index contributed by atoms with van der Waals surface area (Å²) in [5.41, 5.74) is 7.34. The fourth-order valence-corrected chi connectivity index (χ4v) is 1.96. The van der Waals surface area contributed by atoms with Gasteiger partial charge in [0.05, 0.1) is 11.0 Å². The number of halogens is 1. The number of hydrogen-bond donors (Lipinski definition) is 2. The molecule has 0 radical (unpaired) electrons. The monoisotopic (exact) mass is 280 g/mol. The molecule has 6 heteroatoms. The van der Waals surface area contributed by atoms with Crippen LogP contribution in [-0.2, 0) is 11.3 Å². The molecule has 1 amide bonds. The largest absolute Gasteiger partial charge is 0.369 e. The van der Waals surface area contributed by atoms with Crippen molar-refractivity contribution in [2.24, 2.45) is 5.92 Å². The van der Waals surface area contributed by atoms with Gasteiger partial charge in [0.1, 0.15) is 6.54 Å². The zero-order valence-electron chi connectivity index (χ0n) is 11.0. The number of imidazole rings is 1. The predicted octanol–water partition coefficient (Wildman–Crippen LogP) is 2.04. The standard InChI is InChI=1S/C13H17ClN4O/c1-8(2)6-16-12(19)7-18-11-5-9(14)3-4-10(11)17-13(18)15/h3-5,8H,6-7H2,1-2H3,(H2,15,17)(H,16,19). The molecule has 1 aromatic carbocycles. The summed E-state index contributed by atoms with van der Waals surface area (Å²) in [7, 11) is 0. The van der Waals surface area contributed by atoms with Gasteiger partial charge in [-0.25, -0.2) is 4.98 Å². The molecule has 2 rings (SSSR count). The van der Waals surface area contributed by atoms with E-state index in [1.165, 1.54) is 0 Å². The summed E-state index contributed by atoms with van der Waals surface area (Å²) in [6.07, 6.45) is 0. The SMILES string of the molecule is CC(C)CNC(=O)Cn1c(N)nc2ccc(Cl)cc21. The Morgan fingerprint density at radius 2 is 2.26 bits per heavy atom. The summed E-state index contributed by atoms with van der Waals surface area (Å²) in [5, 5.41) is 3.44. The number of nitrogen functional groups attached to an aromatic ring is 1. The molecule has 3 N–H and O–H groups in total. The molecular formula is C13H17ClN4O. The zero-order valence-corrected chi connectivity index (χ0v) is 11.7. The molecule has 5 nitrogen and oxygen atoms in total. The average molecular weight is 281 g/mol. The first-order chi connectivity index (χ1) is 8.97. The Balaban J connectivity index is 2.22. The fraction of sp³-hybridized carbons (Fsp3) is 0.385. The minimum Gasteiger partial charge on any atom is -0.369 e. The van der Waals surface area contributed by atoms with Crippen molar-refractivity contribution in [2.45, 2.75) is 20.4 Å². The van der Waals surface area contributed by atoms with Crippen LogP contribution in [0.5, 0.6) is 0 Å². The number of nitrogens with one attached hydrogen (secondary N) is 1. The number of fused-ring (bicyclic) bond motifs is 1. The molecule has 0 aliphatic rings. The van der Waals surface area contributed by atoms with Crippen LogP contribution in [0, 0.1) is 5.92 Å². The van der Waals surface area contributed by atoms with Crippen molar-refractivity contribution in [3.8, 4) is 0 Å². The van der Waals surface area contributed by atoms with E-state index in [0.29, 0.717) is 23.4 Å². The van der Waals surface area contributed by atoms with Gasteiger partial charge in [-0.05, 0) is 24.1 Å². The van der Waals surface area contributed by atoms with Gasteiger partial charge in [0.15, 0.2) is 0 Å². The lowest BCUT2D eigenvalue weighted by molar-refractivity contribution is -0.121. The van der Waals surface area contributed by atoms with E-state index in [4.69, 9.17) is 17.3 Å². The van der Waals surface area contributed by atoms with Crippen LogP contribution in [0.3, 0.4) is 0 Å². The predicted molar refractivity (Wildman–Crippen MR) is 77.0 cm³/mol. The molecule has 102 valence electrons. The highest BCUT2D eigenvalue weighted by molar-refractivity contribution is 6.31. The number of carbonyl (C=O) groups is 1. The molecule has 0 spiro atoms. The van der Waals surface area contributed by atoms with Gasteiger partial charge in [0.25, 0.3) is 0 Å². The number of nitrogens with zero attached hydrogens (tertiary/aromatic N) is 2. The summed E-state index contributed by atoms with van der Waals surface area (Å²) in [4.78, 5) is 16.1. The molecule has 19 heavy (non-hydrogen) atoms. The van der Waals surface area contributed by atoms with Gasteiger partial charge >= 0.3 is 0 Å². The summed E-state index contributed by atoms with van der Waals surface area (Å²) >= 11 is 5.96. The van der Waals surface area contributed by atoms with E-state index in [2.05, 4.69) is 10.3 Å². The number of amides is 1. The number of benzene rings is 1. The van der Waals surface area contributed by atoms with E-state index in [-0.39, 0.29) is 12.5 Å². The fourth-order valence-electron chi connectivity index (χ4n) is 1.80. The molecule has 1 heterocycles. The molecule has 0 unspecified atom stereocenters. The summed E-state index contributed by atoms with van der Waals surface area (Å²) in [6.45, 7) is 4.88. The molecule has 1 aromatic heterocycles. The average Bonchev–Trinajstić information content (AvgIpc) is 2.63. The maximum atomic E-state index is 11.8. The Morgan fingerprint density at radius 1 is 1.53 bits per heavy atom. The van der Waals surface area contributed by atoms with Gasteiger partial charge in [-0.1, -0.05) is 25.4 Å². The van der Waals surface area contributed by atoms with Crippen LogP contribution in [0.2, 0.25) is 5.02 Å². The molecule has 0 saturated carbocycles. The van der Waals surface area contributed by atoms with Gasteiger partial charge in [0.2, 0.25) is 11.9 Å². The second-order valence-corrected chi connectivity index (χ2v) is 5.32. The maximum Gasteiger partial charge on any atom is 0.240 e. The van der Waals surface area contributed by atoms with E-state index in [9.17, 15) is 4.79 Å². The highest BCUT2D eigenvalue weighted by atomic mass is 35.5. The van der Waals surface area contributed by atoms with Crippen LogP contribution in [0.15, 0.2) is 18.2 Å². The van der Waals surface area contributed by atoms with E-state index >= 15 is 0 Å². The maximum absolute atomic E-state index is 11.8. The van der Waals surface area contributed by atoms with Gasteiger partial charge in [-0.15, -0.1) is 0 Å². The lowest BCUT2D eigenvalue weighted by Crippen LogP contribution is -2.30. The van der Waals surface area contributed by atoms with E-state index in [1.54, 1.807) is 22.8 Å². The summed E-state index contributed by atoms with van der Waals surface area (Å²) < 4.78 is 1.66. The molecule has 0 bridgehead atoms. The number of nitrogens with two attached hydrogens (primary N) is 1. The number of rotatable bonds is 4. The first-order valence-corrected chi connectivity index (χ1v) is 6.53. The summed E-state index contributed by atoms with van der Waals surface area (Å²) in [5.74, 6) is 0.645. The van der Waals surface area contributed by atoms with Crippen LogP contribution in [0.25, 0.3) is 11.0 Å². The van der Waals surface area contributed by atoms with Crippen molar-refractivity contribution in [1.29, 1.82) is 0 Å². The molecule has 0 fully saturated rings. The third kappa shape index (κ3) is 3.17. The third-order valence-corrected chi connectivity index (χ3v) is 2.98. The number of anilines is 1. The molecule has 0 aliphatic heterocycles. The Kier molecular flexibility index (Phi) is 3.95. The zero-order chi connectivity index (χ0) is 14.0. The van der Waals surface area contributed by atoms with Crippen LogP contribution in [-0.4, -0.2) is 22.0 Å². The smallest absolute Gasteiger partial charge is 0.240 e. The van der Waals surface area contributed by atoms with E-state index in [0.717, 1.165) is 11.0 Å². The van der Waals surface area contributed by atoms with Crippen molar-refractivity contribution in [3.63, 3.8) is 0 Å². The number of aromatic nitrogens is 2. The minimum absolute atomic E-state index is 0.0836. The molecule has 0 atom stereocenters. The normalized spacial score (nSPS) is 11.2. The second kappa shape index (κ2) is 5.48. The van der Waals surface area contributed by atoms with Gasteiger partial charge in [-0.3, -0.25) is 4.79 Å². The summed E-state index contributed by atoms with van der Waals surface area (Å²) in [6, 6.07) is 5.30. The minimum atomic E-state index is -0.0836. The number of carbonyl (C=O) groups excluding carboxylic acids is 1. The Bertz CT molecular complexity index is 606. The lowest BCUT2D eigenvalue weighted by Gasteiger charge is -2.09. The second-order valence-electron chi connectivity index (χ2n) is 4.89. The van der Waals surface area contributed by atoms with Crippen molar-refractivity contribution < 1.29 is 4.79 Å². The van der Waals surface area contributed by atoms with Gasteiger partial charge in [0, 0.05) is 11.6 Å². The Hall–Kier alpha value is -1.75. The first kappa shape index (κ1) is 13.7.